The number of benzene rings is 2. The summed E-state index contributed by atoms with van der Waals surface area (Å²) in [4.78, 5) is 16.5. The molecule has 2 heterocycles. The van der Waals surface area contributed by atoms with E-state index in [1.54, 1.807) is 4.90 Å². The first-order valence-electron chi connectivity index (χ1n) is 9.29. The minimum absolute atomic E-state index is 0.231. The molecule has 0 unspecified atom stereocenters. The summed E-state index contributed by atoms with van der Waals surface area (Å²) in [6.07, 6.45) is 0.319. The van der Waals surface area contributed by atoms with Crippen molar-refractivity contribution in [3.05, 3.63) is 65.0 Å². The van der Waals surface area contributed by atoms with Crippen molar-refractivity contribution in [3.8, 4) is 5.75 Å². The number of rotatable bonds is 4. The van der Waals surface area contributed by atoms with Crippen LogP contribution < -0.4 is 4.74 Å². The molecule has 0 aliphatic carbocycles. The molecule has 2 aromatic rings. The number of halogens is 1. The van der Waals surface area contributed by atoms with Crippen LogP contribution >= 0.6 is 0 Å². The quantitative estimate of drug-likeness (QED) is 0.895. The second-order valence-electron chi connectivity index (χ2n) is 7.15. The predicted molar refractivity (Wildman–Crippen MR) is 99.2 cm³/mol. The zero-order chi connectivity index (χ0) is 18.8. The van der Waals surface area contributed by atoms with Crippen LogP contribution in [-0.2, 0) is 13.0 Å². The molecule has 1 N–H and O–H groups in total. The van der Waals surface area contributed by atoms with Gasteiger partial charge in [-0.15, -0.1) is 0 Å². The van der Waals surface area contributed by atoms with Gasteiger partial charge in [0.1, 0.15) is 18.2 Å². The van der Waals surface area contributed by atoms with Crippen LogP contribution in [0, 0.1) is 5.82 Å². The monoisotopic (exact) mass is 370 g/mol. The first-order valence-corrected chi connectivity index (χ1v) is 9.29. The summed E-state index contributed by atoms with van der Waals surface area (Å²) in [5, 5.41) is 10.6. The Hall–Kier alpha value is -2.44. The highest BCUT2D eigenvalue weighted by atomic mass is 19.1. The van der Waals surface area contributed by atoms with Crippen molar-refractivity contribution in [2.24, 2.45) is 0 Å². The van der Waals surface area contributed by atoms with Gasteiger partial charge in [0.05, 0.1) is 18.2 Å². The molecule has 1 amide bonds. The van der Waals surface area contributed by atoms with Gasteiger partial charge in [-0.25, -0.2) is 4.39 Å². The first kappa shape index (κ1) is 17.9. The number of fused-ring (bicyclic) bond motifs is 2. The van der Waals surface area contributed by atoms with Gasteiger partial charge in [0.2, 0.25) is 0 Å². The van der Waals surface area contributed by atoms with Gasteiger partial charge < -0.3 is 14.7 Å². The van der Waals surface area contributed by atoms with E-state index in [0.717, 1.165) is 19.5 Å². The summed E-state index contributed by atoms with van der Waals surface area (Å²) < 4.78 is 18.9. The molecule has 0 saturated carbocycles. The number of amides is 1. The van der Waals surface area contributed by atoms with Crippen LogP contribution in [0.25, 0.3) is 0 Å². The fraction of sp³-hybridized carbons (Fsp3) is 0.381. The molecule has 4 rings (SSSR count). The molecule has 0 spiro atoms. The number of ether oxygens (including phenoxy) is 1. The van der Waals surface area contributed by atoms with Gasteiger partial charge in [0, 0.05) is 32.2 Å². The number of hydrogen-bond donors (Lipinski definition) is 1. The third kappa shape index (κ3) is 3.96. The fourth-order valence-corrected chi connectivity index (χ4v) is 3.82. The van der Waals surface area contributed by atoms with Crippen molar-refractivity contribution in [2.75, 3.05) is 32.8 Å². The maximum absolute atomic E-state index is 13.4. The average molecular weight is 370 g/mol. The number of aliphatic hydroxyl groups is 1. The number of hydrogen-bond acceptors (Lipinski definition) is 4. The molecule has 0 bridgehead atoms. The third-order valence-corrected chi connectivity index (χ3v) is 5.19. The zero-order valence-corrected chi connectivity index (χ0v) is 15.1. The lowest BCUT2D eigenvalue weighted by atomic mass is 10.00. The first-order chi connectivity index (χ1) is 13.1. The average Bonchev–Trinajstić information content (AvgIpc) is 2.80. The molecular weight excluding hydrogens is 347 g/mol. The standard InChI is InChI=1S/C21H23FN2O3/c22-17-5-6-19-20(11-17)27-10-9-24(21(19)26)14-18(25)13-23-8-7-15-3-1-2-4-16(15)12-23/h1-6,11,18,25H,7-10,12-14H2/t18-/m1/s1. The van der Waals surface area contributed by atoms with Gasteiger partial charge in [-0.2, -0.15) is 0 Å². The predicted octanol–water partition coefficient (Wildman–Crippen LogP) is 2.08. The summed E-state index contributed by atoms with van der Waals surface area (Å²) in [7, 11) is 0. The molecule has 0 saturated heterocycles. The van der Waals surface area contributed by atoms with E-state index in [1.165, 1.54) is 29.3 Å². The van der Waals surface area contributed by atoms with Gasteiger partial charge in [-0.1, -0.05) is 24.3 Å². The van der Waals surface area contributed by atoms with Gasteiger partial charge in [-0.05, 0) is 29.7 Å². The van der Waals surface area contributed by atoms with Crippen LogP contribution in [0.5, 0.6) is 5.75 Å². The van der Waals surface area contributed by atoms with Crippen LogP contribution in [0.1, 0.15) is 21.5 Å². The van der Waals surface area contributed by atoms with Crippen LogP contribution in [0.4, 0.5) is 4.39 Å². The maximum atomic E-state index is 13.4. The molecule has 5 nitrogen and oxygen atoms in total. The second-order valence-corrected chi connectivity index (χ2v) is 7.15. The minimum Gasteiger partial charge on any atom is -0.491 e. The van der Waals surface area contributed by atoms with E-state index in [0.29, 0.717) is 18.7 Å². The normalized spacial score (nSPS) is 18.3. The SMILES string of the molecule is O=C1c2ccc(F)cc2OCCN1C[C@H](O)CN1CCc2ccccc2C1. The molecule has 0 radical (unpaired) electrons. The molecule has 6 heteroatoms. The molecule has 27 heavy (non-hydrogen) atoms. The van der Waals surface area contributed by atoms with Crippen LogP contribution in [0.15, 0.2) is 42.5 Å². The fourth-order valence-electron chi connectivity index (χ4n) is 3.82. The molecule has 142 valence electrons. The Bertz CT molecular complexity index is 842. The number of carbonyl (C=O) groups is 1. The van der Waals surface area contributed by atoms with E-state index >= 15 is 0 Å². The highest BCUT2D eigenvalue weighted by Crippen LogP contribution is 2.24. The van der Waals surface area contributed by atoms with Crippen LogP contribution in [-0.4, -0.2) is 59.7 Å². The summed E-state index contributed by atoms with van der Waals surface area (Å²) in [6.45, 7) is 3.10. The lowest BCUT2D eigenvalue weighted by molar-refractivity contribution is 0.0501. The summed E-state index contributed by atoms with van der Waals surface area (Å²) in [5.74, 6) is -0.393. The Morgan fingerprint density at radius 1 is 1.11 bits per heavy atom. The van der Waals surface area contributed by atoms with E-state index in [4.69, 9.17) is 4.74 Å². The largest absolute Gasteiger partial charge is 0.491 e. The number of aliphatic hydroxyl groups excluding tert-OH is 1. The molecule has 1 atom stereocenters. The molecule has 2 aliphatic heterocycles. The van der Waals surface area contributed by atoms with Gasteiger partial charge in [0.15, 0.2) is 0 Å². The Morgan fingerprint density at radius 3 is 2.78 bits per heavy atom. The van der Waals surface area contributed by atoms with Crippen molar-refractivity contribution in [3.63, 3.8) is 0 Å². The van der Waals surface area contributed by atoms with Crippen molar-refractivity contribution in [1.29, 1.82) is 0 Å². The van der Waals surface area contributed by atoms with Crippen molar-refractivity contribution < 1.29 is 19.0 Å². The Morgan fingerprint density at radius 2 is 1.93 bits per heavy atom. The zero-order valence-electron chi connectivity index (χ0n) is 15.1. The molecule has 0 aromatic heterocycles. The highest BCUT2D eigenvalue weighted by molar-refractivity contribution is 5.97. The topological polar surface area (TPSA) is 53.0 Å². The van der Waals surface area contributed by atoms with E-state index in [2.05, 4.69) is 23.1 Å². The molecule has 2 aromatic carbocycles. The Labute approximate surface area is 158 Å². The van der Waals surface area contributed by atoms with Gasteiger partial charge in [0.25, 0.3) is 5.91 Å². The lowest BCUT2D eigenvalue weighted by Gasteiger charge is -2.32. The van der Waals surface area contributed by atoms with Crippen molar-refractivity contribution >= 4 is 5.91 Å². The highest BCUT2D eigenvalue weighted by Gasteiger charge is 2.27. The number of nitrogens with zero attached hydrogens (tertiary/aromatic N) is 2. The minimum atomic E-state index is -0.652. The summed E-state index contributed by atoms with van der Waals surface area (Å²) >= 11 is 0. The lowest BCUT2D eigenvalue weighted by Crippen LogP contribution is -2.44. The van der Waals surface area contributed by atoms with Crippen molar-refractivity contribution in [2.45, 2.75) is 19.1 Å². The third-order valence-electron chi connectivity index (χ3n) is 5.19. The molecular formula is C21H23FN2O3. The van der Waals surface area contributed by atoms with E-state index < -0.39 is 11.9 Å². The molecule has 2 aliphatic rings. The smallest absolute Gasteiger partial charge is 0.257 e. The van der Waals surface area contributed by atoms with E-state index in [1.807, 2.05) is 6.07 Å². The number of β-amino-alcohol motifs (C(OH)–C–C–N with tert-alkyl or cyclic N) is 1. The number of carbonyl (C=O) groups excluding carboxylic acids is 1. The summed E-state index contributed by atoms with van der Waals surface area (Å²) in [6, 6.07) is 12.3. The van der Waals surface area contributed by atoms with Crippen LogP contribution in [0.3, 0.4) is 0 Å². The van der Waals surface area contributed by atoms with E-state index in [-0.39, 0.29) is 24.8 Å². The van der Waals surface area contributed by atoms with Gasteiger partial charge >= 0.3 is 0 Å². The van der Waals surface area contributed by atoms with Gasteiger partial charge in [-0.3, -0.25) is 9.69 Å². The Kier molecular flexibility index (Phi) is 5.09. The van der Waals surface area contributed by atoms with Crippen molar-refractivity contribution in [1.82, 2.24) is 9.80 Å². The van der Waals surface area contributed by atoms with Crippen LogP contribution in [0.2, 0.25) is 0 Å². The van der Waals surface area contributed by atoms with E-state index in [9.17, 15) is 14.3 Å². The molecule has 0 fully saturated rings. The maximum Gasteiger partial charge on any atom is 0.257 e. The Balaban J connectivity index is 1.39. The summed E-state index contributed by atoms with van der Waals surface area (Å²) in [5.41, 5.74) is 3.01. The second kappa shape index (κ2) is 7.66.